The summed E-state index contributed by atoms with van der Waals surface area (Å²) < 4.78 is 6.97. The van der Waals surface area contributed by atoms with E-state index >= 15 is 0 Å². The van der Waals surface area contributed by atoms with Gasteiger partial charge < -0.3 is 10.5 Å². The fourth-order valence-corrected chi connectivity index (χ4v) is 1.13. The third-order valence-corrected chi connectivity index (χ3v) is 2.00. The second kappa shape index (κ2) is 3.74. The Morgan fingerprint density at radius 1 is 1.47 bits per heavy atom. The van der Waals surface area contributed by atoms with Crippen LogP contribution >= 0.6 is 11.6 Å². The van der Waals surface area contributed by atoms with Crippen molar-refractivity contribution in [3.05, 3.63) is 23.9 Å². The van der Waals surface area contributed by atoms with Crippen LogP contribution < -0.4 is 10.5 Å². The van der Waals surface area contributed by atoms with Crippen LogP contribution in [0.2, 0.25) is 5.15 Å². The molecule has 2 aromatic rings. The molecule has 0 amide bonds. The fourth-order valence-electron chi connectivity index (χ4n) is 1.00. The largest absolute Gasteiger partial charge is 0.434 e. The van der Waals surface area contributed by atoms with Crippen LogP contribution in [-0.2, 0) is 7.05 Å². The first-order chi connectivity index (χ1) is 7.16. The standard InChI is InChI=1S/C8H8ClN5O/c1-14-3-5(2-13-14)15-8-6(10)7(9)11-4-12-8/h2-4H,10H2,1H3. The molecule has 0 aromatic carbocycles. The molecule has 0 atom stereocenters. The highest BCUT2D eigenvalue weighted by molar-refractivity contribution is 6.32. The monoisotopic (exact) mass is 225 g/mol. The number of halogens is 1. The first-order valence-corrected chi connectivity index (χ1v) is 4.47. The van der Waals surface area contributed by atoms with Gasteiger partial charge in [0.05, 0.1) is 12.4 Å². The van der Waals surface area contributed by atoms with E-state index < -0.39 is 0 Å². The summed E-state index contributed by atoms with van der Waals surface area (Å²) in [6, 6.07) is 0. The van der Waals surface area contributed by atoms with Gasteiger partial charge in [-0.15, -0.1) is 0 Å². The zero-order valence-electron chi connectivity index (χ0n) is 7.88. The van der Waals surface area contributed by atoms with Gasteiger partial charge in [0, 0.05) is 7.05 Å². The number of ether oxygens (including phenoxy) is 1. The predicted octanol–water partition coefficient (Wildman–Crippen LogP) is 1.24. The summed E-state index contributed by atoms with van der Waals surface area (Å²) in [5.41, 5.74) is 5.84. The van der Waals surface area contributed by atoms with Crippen molar-refractivity contribution in [2.75, 3.05) is 5.73 Å². The zero-order valence-corrected chi connectivity index (χ0v) is 8.64. The van der Waals surface area contributed by atoms with Crippen LogP contribution in [0.1, 0.15) is 0 Å². The van der Waals surface area contributed by atoms with Crippen molar-refractivity contribution in [2.45, 2.75) is 0 Å². The van der Waals surface area contributed by atoms with Crippen molar-refractivity contribution in [1.29, 1.82) is 0 Å². The second-order valence-electron chi connectivity index (χ2n) is 2.84. The predicted molar refractivity (Wildman–Crippen MR) is 54.7 cm³/mol. The molecule has 0 bridgehead atoms. The van der Waals surface area contributed by atoms with Crippen molar-refractivity contribution in [1.82, 2.24) is 19.7 Å². The maximum absolute atomic E-state index is 5.71. The van der Waals surface area contributed by atoms with Crippen LogP contribution in [-0.4, -0.2) is 19.7 Å². The highest BCUT2D eigenvalue weighted by Crippen LogP contribution is 2.28. The molecular weight excluding hydrogens is 218 g/mol. The molecule has 0 aliphatic carbocycles. The third kappa shape index (κ3) is 1.99. The normalized spacial score (nSPS) is 10.3. The Bertz CT molecular complexity index is 484. The fraction of sp³-hybridized carbons (Fsp3) is 0.125. The number of aryl methyl sites for hydroxylation is 1. The molecule has 78 valence electrons. The molecule has 2 N–H and O–H groups in total. The van der Waals surface area contributed by atoms with E-state index in [2.05, 4.69) is 15.1 Å². The van der Waals surface area contributed by atoms with Crippen LogP contribution in [0.25, 0.3) is 0 Å². The molecule has 2 heterocycles. The quantitative estimate of drug-likeness (QED) is 0.778. The summed E-state index contributed by atoms with van der Waals surface area (Å²) in [7, 11) is 1.78. The molecule has 7 heteroatoms. The van der Waals surface area contributed by atoms with Crippen LogP contribution in [0.5, 0.6) is 11.6 Å². The van der Waals surface area contributed by atoms with E-state index in [9.17, 15) is 0 Å². The highest BCUT2D eigenvalue weighted by Gasteiger charge is 2.08. The molecule has 0 aliphatic heterocycles. The van der Waals surface area contributed by atoms with Crippen molar-refractivity contribution >= 4 is 17.3 Å². The average molecular weight is 226 g/mol. The van der Waals surface area contributed by atoms with Crippen LogP contribution in [0.15, 0.2) is 18.7 Å². The maximum atomic E-state index is 5.71. The Balaban J connectivity index is 2.28. The molecule has 2 aromatic heterocycles. The Labute approximate surface area is 90.7 Å². The molecule has 0 unspecified atom stereocenters. The van der Waals surface area contributed by atoms with Gasteiger partial charge in [0.1, 0.15) is 12.0 Å². The van der Waals surface area contributed by atoms with Gasteiger partial charge in [0.2, 0.25) is 5.88 Å². The third-order valence-electron chi connectivity index (χ3n) is 1.69. The second-order valence-corrected chi connectivity index (χ2v) is 3.19. The Kier molecular flexibility index (Phi) is 2.42. The Morgan fingerprint density at radius 3 is 2.93 bits per heavy atom. The molecule has 0 fully saturated rings. The van der Waals surface area contributed by atoms with E-state index in [4.69, 9.17) is 22.1 Å². The minimum Gasteiger partial charge on any atom is -0.434 e. The van der Waals surface area contributed by atoms with E-state index in [1.165, 1.54) is 6.33 Å². The number of hydrogen-bond acceptors (Lipinski definition) is 5. The molecule has 6 nitrogen and oxygen atoms in total. The van der Waals surface area contributed by atoms with E-state index in [0.717, 1.165) is 0 Å². The van der Waals surface area contributed by atoms with E-state index in [1.807, 2.05) is 0 Å². The van der Waals surface area contributed by atoms with Gasteiger partial charge in [0.15, 0.2) is 10.9 Å². The van der Waals surface area contributed by atoms with Crippen molar-refractivity contribution < 1.29 is 4.74 Å². The number of hydrogen-bond donors (Lipinski definition) is 1. The summed E-state index contributed by atoms with van der Waals surface area (Å²) in [5, 5.41) is 4.11. The first kappa shape index (κ1) is 9.72. The first-order valence-electron chi connectivity index (χ1n) is 4.09. The minimum absolute atomic E-state index is 0.170. The number of nitrogen functional groups attached to an aromatic ring is 1. The van der Waals surface area contributed by atoms with Gasteiger partial charge >= 0.3 is 0 Å². The lowest BCUT2D eigenvalue weighted by atomic mass is 10.5. The zero-order chi connectivity index (χ0) is 10.8. The Hall–Kier alpha value is -1.82. The molecule has 2 rings (SSSR count). The lowest BCUT2D eigenvalue weighted by Crippen LogP contribution is -1.96. The maximum Gasteiger partial charge on any atom is 0.247 e. The molecule has 15 heavy (non-hydrogen) atoms. The van der Waals surface area contributed by atoms with Crippen LogP contribution in [0, 0.1) is 0 Å². The van der Waals surface area contributed by atoms with E-state index in [1.54, 1.807) is 24.1 Å². The Morgan fingerprint density at radius 2 is 2.27 bits per heavy atom. The lowest BCUT2D eigenvalue weighted by Gasteiger charge is -2.04. The lowest BCUT2D eigenvalue weighted by molar-refractivity contribution is 0.463. The van der Waals surface area contributed by atoms with Gasteiger partial charge in [-0.25, -0.2) is 4.98 Å². The smallest absolute Gasteiger partial charge is 0.247 e. The molecule has 0 saturated heterocycles. The van der Waals surface area contributed by atoms with Gasteiger partial charge in [0.25, 0.3) is 0 Å². The molecule has 0 radical (unpaired) electrons. The number of nitrogens with two attached hydrogens (primary N) is 1. The van der Waals surface area contributed by atoms with Gasteiger partial charge in [-0.1, -0.05) is 11.6 Å². The molecular formula is C8H8ClN5O. The van der Waals surface area contributed by atoms with Gasteiger partial charge in [-0.2, -0.15) is 10.1 Å². The van der Waals surface area contributed by atoms with Crippen molar-refractivity contribution in [3.63, 3.8) is 0 Å². The number of aromatic nitrogens is 4. The molecule has 0 aliphatic rings. The number of nitrogens with zero attached hydrogens (tertiary/aromatic N) is 4. The van der Waals surface area contributed by atoms with Gasteiger partial charge in [-0.05, 0) is 0 Å². The van der Waals surface area contributed by atoms with Crippen molar-refractivity contribution in [2.24, 2.45) is 7.05 Å². The minimum atomic E-state index is 0.170. The highest BCUT2D eigenvalue weighted by atomic mass is 35.5. The number of anilines is 1. The number of rotatable bonds is 2. The molecule has 0 saturated carbocycles. The average Bonchev–Trinajstić information content (AvgIpc) is 2.59. The van der Waals surface area contributed by atoms with Crippen molar-refractivity contribution in [3.8, 4) is 11.6 Å². The van der Waals surface area contributed by atoms with E-state index in [-0.39, 0.29) is 16.7 Å². The summed E-state index contributed by atoms with van der Waals surface area (Å²) in [5.74, 6) is 0.766. The van der Waals surface area contributed by atoms with Crippen LogP contribution in [0.4, 0.5) is 5.69 Å². The van der Waals surface area contributed by atoms with Crippen LogP contribution in [0.3, 0.4) is 0 Å². The SMILES string of the molecule is Cn1cc(Oc2ncnc(Cl)c2N)cn1. The molecule has 0 spiro atoms. The topological polar surface area (TPSA) is 78.8 Å². The van der Waals surface area contributed by atoms with E-state index in [0.29, 0.717) is 5.75 Å². The summed E-state index contributed by atoms with van der Waals surface area (Å²) in [6.07, 6.45) is 4.52. The summed E-state index contributed by atoms with van der Waals surface area (Å²) in [6.45, 7) is 0. The van der Waals surface area contributed by atoms with Gasteiger partial charge in [-0.3, -0.25) is 4.68 Å². The summed E-state index contributed by atoms with van der Waals surface area (Å²) >= 11 is 5.71. The summed E-state index contributed by atoms with van der Waals surface area (Å²) in [4.78, 5) is 7.58.